The lowest BCUT2D eigenvalue weighted by Gasteiger charge is -2.11. The number of aryl methyl sites for hydroxylation is 1. The van der Waals surface area contributed by atoms with Crippen LogP contribution in [0.5, 0.6) is 0 Å². The van der Waals surface area contributed by atoms with E-state index in [1.807, 2.05) is 12.1 Å². The minimum absolute atomic E-state index is 0. The van der Waals surface area contributed by atoms with E-state index >= 15 is 0 Å². The van der Waals surface area contributed by atoms with Crippen molar-refractivity contribution in [1.82, 2.24) is 4.90 Å². The quantitative estimate of drug-likeness (QED) is 0.301. The van der Waals surface area contributed by atoms with E-state index in [2.05, 4.69) is 24.0 Å². The maximum absolute atomic E-state index is 12.4. The molecule has 0 radical (unpaired) electrons. The molecule has 0 aliphatic rings. The van der Waals surface area contributed by atoms with Crippen molar-refractivity contribution in [1.29, 1.82) is 0 Å². The Bertz CT molecular complexity index is 868. The van der Waals surface area contributed by atoms with Gasteiger partial charge in [0.2, 0.25) is 0 Å². The van der Waals surface area contributed by atoms with E-state index in [-0.39, 0.29) is 30.8 Å². The SMILES string of the molecule is CN(C)CCCCCc1cc(C(=O)N=C(N)N)cc(-c2cc(Cl)ccc2Cl)c1.Cl.Cl. The summed E-state index contributed by atoms with van der Waals surface area (Å²) in [6.07, 6.45) is 4.11. The minimum atomic E-state index is -0.478. The molecule has 0 atom stereocenters. The number of unbranched alkanes of at least 4 members (excludes halogenated alkanes) is 2. The maximum atomic E-state index is 12.4. The first-order chi connectivity index (χ1) is 13.3. The number of hydrogen-bond acceptors (Lipinski definition) is 2. The second kappa shape index (κ2) is 13.7. The molecule has 0 saturated carbocycles. The van der Waals surface area contributed by atoms with Crippen LogP contribution < -0.4 is 11.5 Å². The average molecular weight is 494 g/mol. The van der Waals surface area contributed by atoms with Crippen molar-refractivity contribution in [2.45, 2.75) is 25.7 Å². The van der Waals surface area contributed by atoms with Crippen LogP contribution in [0.1, 0.15) is 35.2 Å². The maximum Gasteiger partial charge on any atom is 0.280 e. The molecular weight excluding hydrogens is 466 g/mol. The molecule has 30 heavy (non-hydrogen) atoms. The molecule has 2 aromatic carbocycles. The third-order valence-electron chi connectivity index (χ3n) is 4.28. The molecule has 4 N–H and O–H groups in total. The first kappa shape index (κ1) is 28.5. The molecule has 5 nitrogen and oxygen atoms in total. The van der Waals surface area contributed by atoms with E-state index in [9.17, 15) is 4.79 Å². The van der Waals surface area contributed by atoms with Crippen LogP contribution >= 0.6 is 48.0 Å². The van der Waals surface area contributed by atoms with Gasteiger partial charge in [-0.1, -0.05) is 35.7 Å². The topological polar surface area (TPSA) is 84.7 Å². The second-order valence-corrected chi connectivity index (χ2v) is 7.84. The average Bonchev–Trinajstić information content (AvgIpc) is 2.62. The third kappa shape index (κ3) is 9.11. The number of amides is 1. The lowest BCUT2D eigenvalue weighted by Crippen LogP contribution is -2.24. The fourth-order valence-electron chi connectivity index (χ4n) is 2.95. The van der Waals surface area contributed by atoms with Crippen molar-refractivity contribution in [2.75, 3.05) is 20.6 Å². The number of guanidine groups is 1. The molecule has 1 amide bonds. The normalized spacial score (nSPS) is 10.2. The highest BCUT2D eigenvalue weighted by molar-refractivity contribution is 6.35. The fraction of sp³-hybridized carbons (Fsp3) is 0.333. The number of nitrogens with zero attached hydrogens (tertiary/aromatic N) is 2. The summed E-state index contributed by atoms with van der Waals surface area (Å²) < 4.78 is 0. The Morgan fingerprint density at radius 2 is 1.70 bits per heavy atom. The molecular formula is C21H28Cl4N4O. The van der Waals surface area contributed by atoms with Gasteiger partial charge in [0.1, 0.15) is 0 Å². The molecule has 0 fully saturated rings. The summed E-state index contributed by atoms with van der Waals surface area (Å²) in [5.41, 5.74) is 13.8. The van der Waals surface area contributed by atoms with Gasteiger partial charge in [0.05, 0.1) is 0 Å². The van der Waals surface area contributed by atoms with Gasteiger partial charge < -0.3 is 16.4 Å². The molecule has 2 rings (SSSR count). The summed E-state index contributed by atoms with van der Waals surface area (Å²) in [6, 6.07) is 10.9. The van der Waals surface area contributed by atoms with E-state index in [0.717, 1.165) is 48.9 Å². The first-order valence-corrected chi connectivity index (χ1v) is 9.90. The second-order valence-electron chi connectivity index (χ2n) is 7.00. The Morgan fingerprint density at radius 1 is 1.00 bits per heavy atom. The van der Waals surface area contributed by atoms with E-state index < -0.39 is 5.91 Å². The minimum Gasteiger partial charge on any atom is -0.370 e. The van der Waals surface area contributed by atoms with E-state index in [0.29, 0.717) is 15.6 Å². The summed E-state index contributed by atoms with van der Waals surface area (Å²) in [4.78, 5) is 18.2. The Balaban J connectivity index is 0.00000420. The Kier molecular flexibility index (Phi) is 13.0. The number of hydrogen-bond donors (Lipinski definition) is 2. The molecule has 9 heteroatoms. The van der Waals surface area contributed by atoms with Crippen LogP contribution in [0.15, 0.2) is 41.4 Å². The summed E-state index contributed by atoms with van der Waals surface area (Å²) >= 11 is 12.5. The van der Waals surface area contributed by atoms with Crippen LogP contribution in [0.25, 0.3) is 11.1 Å². The molecule has 0 aromatic heterocycles. The molecule has 2 aromatic rings. The van der Waals surface area contributed by atoms with E-state index in [1.165, 1.54) is 0 Å². The zero-order valence-corrected chi connectivity index (χ0v) is 20.2. The predicted molar refractivity (Wildman–Crippen MR) is 133 cm³/mol. The molecule has 0 saturated heterocycles. The van der Waals surface area contributed by atoms with Gasteiger partial charge in [-0.2, -0.15) is 4.99 Å². The first-order valence-electron chi connectivity index (χ1n) is 9.14. The number of carbonyl (C=O) groups is 1. The van der Waals surface area contributed by atoms with Gasteiger partial charge in [-0.15, -0.1) is 24.8 Å². The summed E-state index contributed by atoms with van der Waals surface area (Å²) in [6.45, 7) is 1.06. The number of nitrogens with two attached hydrogens (primary N) is 2. The summed E-state index contributed by atoms with van der Waals surface area (Å²) in [7, 11) is 4.14. The molecule has 0 aliphatic heterocycles. The molecule has 0 bridgehead atoms. The summed E-state index contributed by atoms with van der Waals surface area (Å²) in [5.74, 6) is -0.740. The van der Waals surface area contributed by atoms with Gasteiger partial charge in [0.15, 0.2) is 5.96 Å². The summed E-state index contributed by atoms with van der Waals surface area (Å²) in [5, 5.41) is 1.14. The standard InChI is InChI=1S/C21H26Cl2N4O.2ClH/c1-27(2)9-5-3-4-6-14-10-15(18-13-17(22)7-8-19(18)23)12-16(11-14)20(28)26-21(24)25;;/h7-8,10-13H,3-6,9H2,1-2H3,(H4,24,25,26,28);2*1H. The lowest BCUT2D eigenvalue weighted by atomic mass is 9.96. The molecule has 0 aliphatic carbocycles. The van der Waals surface area contributed by atoms with Crippen LogP contribution in [-0.4, -0.2) is 37.4 Å². The molecule has 0 unspecified atom stereocenters. The van der Waals surface area contributed by atoms with Gasteiger partial charge in [-0.05, 0) is 81.4 Å². The van der Waals surface area contributed by atoms with Crippen molar-refractivity contribution < 1.29 is 4.79 Å². The van der Waals surface area contributed by atoms with Crippen LogP contribution in [0.3, 0.4) is 0 Å². The lowest BCUT2D eigenvalue weighted by molar-refractivity contribution is 0.100. The van der Waals surface area contributed by atoms with Crippen molar-refractivity contribution in [3.8, 4) is 11.1 Å². The Hall–Kier alpha value is -1.50. The van der Waals surface area contributed by atoms with Crippen LogP contribution in [-0.2, 0) is 6.42 Å². The van der Waals surface area contributed by atoms with Gasteiger partial charge in [-0.25, -0.2) is 0 Å². The number of carbonyl (C=O) groups excluding carboxylic acids is 1. The van der Waals surface area contributed by atoms with Crippen LogP contribution in [0.2, 0.25) is 10.0 Å². The number of benzene rings is 2. The van der Waals surface area contributed by atoms with Crippen LogP contribution in [0.4, 0.5) is 0 Å². The van der Waals surface area contributed by atoms with E-state index in [1.54, 1.807) is 24.3 Å². The van der Waals surface area contributed by atoms with Crippen molar-refractivity contribution in [2.24, 2.45) is 16.5 Å². The van der Waals surface area contributed by atoms with Gasteiger partial charge in [0.25, 0.3) is 5.91 Å². The molecule has 0 heterocycles. The Labute approximate surface area is 200 Å². The zero-order valence-electron chi connectivity index (χ0n) is 17.0. The highest BCUT2D eigenvalue weighted by Gasteiger charge is 2.12. The highest BCUT2D eigenvalue weighted by Crippen LogP contribution is 2.32. The number of aliphatic imine (C=N–C) groups is 1. The Morgan fingerprint density at radius 3 is 2.33 bits per heavy atom. The predicted octanol–water partition coefficient (Wildman–Crippen LogP) is 5.19. The van der Waals surface area contributed by atoms with Crippen molar-refractivity contribution in [3.05, 3.63) is 57.6 Å². The van der Waals surface area contributed by atoms with Crippen molar-refractivity contribution >= 4 is 59.9 Å². The molecule has 0 spiro atoms. The highest BCUT2D eigenvalue weighted by atomic mass is 35.5. The van der Waals surface area contributed by atoms with Gasteiger partial charge in [-0.3, -0.25) is 4.79 Å². The van der Waals surface area contributed by atoms with Crippen molar-refractivity contribution in [3.63, 3.8) is 0 Å². The van der Waals surface area contributed by atoms with Gasteiger partial charge >= 0.3 is 0 Å². The van der Waals surface area contributed by atoms with Crippen LogP contribution in [0, 0.1) is 0 Å². The fourth-order valence-corrected chi connectivity index (χ4v) is 3.35. The largest absolute Gasteiger partial charge is 0.370 e. The zero-order chi connectivity index (χ0) is 20.7. The monoisotopic (exact) mass is 492 g/mol. The smallest absolute Gasteiger partial charge is 0.280 e. The third-order valence-corrected chi connectivity index (χ3v) is 4.85. The number of rotatable bonds is 8. The van der Waals surface area contributed by atoms with E-state index in [4.69, 9.17) is 34.7 Å². The molecule has 166 valence electrons. The number of halogens is 4. The van der Waals surface area contributed by atoms with Gasteiger partial charge in [0, 0.05) is 21.2 Å².